The first-order valence-corrected chi connectivity index (χ1v) is 4.21. The molecule has 1 aliphatic rings. The maximum atomic E-state index is 12.4. The molecule has 0 saturated heterocycles. The summed E-state index contributed by atoms with van der Waals surface area (Å²) in [6, 6.07) is 6.22. The molecule has 0 radical (unpaired) electrons. The number of hydrogen-bond acceptors (Lipinski definition) is 2. The molecule has 80 valence electrons. The van der Waals surface area contributed by atoms with Gasteiger partial charge in [0.25, 0.3) is 0 Å². The van der Waals surface area contributed by atoms with E-state index in [1.54, 1.807) is 18.2 Å². The monoisotopic (exact) mass is 216 g/mol. The number of alkyl halides is 3. The third-order valence-electron chi connectivity index (χ3n) is 2.03. The molecular weight excluding hydrogens is 209 g/mol. The van der Waals surface area contributed by atoms with E-state index in [0.717, 1.165) is 6.08 Å². The van der Waals surface area contributed by atoms with Crippen molar-refractivity contribution in [1.82, 2.24) is 0 Å². The fourth-order valence-corrected chi connectivity index (χ4v) is 1.36. The van der Waals surface area contributed by atoms with Crippen LogP contribution in [0.15, 0.2) is 30.0 Å². The van der Waals surface area contributed by atoms with E-state index < -0.39 is 18.0 Å². The van der Waals surface area contributed by atoms with E-state index in [-0.39, 0.29) is 5.75 Å². The highest BCUT2D eigenvalue weighted by Gasteiger charge is 2.46. The Balaban J connectivity index is 2.41. The Bertz CT molecular complexity index is 409. The first-order valence-electron chi connectivity index (χ1n) is 4.21. The highest BCUT2D eigenvalue weighted by atomic mass is 19.4. The predicted molar refractivity (Wildman–Crippen MR) is 47.5 cm³/mol. The van der Waals surface area contributed by atoms with Crippen molar-refractivity contribution in [2.75, 3.05) is 0 Å². The molecule has 0 spiro atoms. The maximum absolute atomic E-state index is 12.4. The molecule has 15 heavy (non-hydrogen) atoms. The van der Waals surface area contributed by atoms with Crippen LogP contribution < -0.4 is 4.74 Å². The van der Waals surface area contributed by atoms with Crippen LogP contribution in [0.5, 0.6) is 5.75 Å². The summed E-state index contributed by atoms with van der Waals surface area (Å²) in [5.41, 5.74) is 0.440. The first-order chi connectivity index (χ1) is 6.98. The Morgan fingerprint density at radius 3 is 2.53 bits per heavy atom. The lowest BCUT2D eigenvalue weighted by Gasteiger charge is -2.25. The standard InChI is InChI=1S/C10H7F3O2/c11-10(12,13)9-7(14)5-6-3-1-2-4-8(6)15-9/h1-5,9,14H. The average molecular weight is 216 g/mol. The minimum absolute atomic E-state index is 0.123. The predicted octanol–water partition coefficient (Wildman–Crippen LogP) is 2.91. The van der Waals surface area contributed by atoms with Gasteiger partial charge in [-0.15, -0.1) is 0 Å². The molecule has 1 N–H and O–H groups in total. The van der Waals surface area contributed by atoms with Gasteiger partial charge in [0.05, 0.1) is 0 Å². The molecule has 1 unspecified atom stereocenters. The van der Waals surface area contributed by atoms with Crippen LogP contribution in [-0.4, -0.2) is 17.4 Å². The molecule has 1 aromatic carbocycles. The molecule has 0 bridgehead atoms. The smallest absolute Gasteiger partial charge is 0.432 e. The lowest BCUT2D eigenvalue weighted by atomic mass is 10.1. The molecular formula is C10H7F3O2. The van der Waals surface area contributed by atoms with Crippen molar-refractivity contribution < 1.29 is 23.0 Å². The summed E-state index contributed by atoms with van der Waals surface area (Å²) in [4.78, 5) is 0. The lowest BCUT2D eigenvalue weighted by molar-refractivity contribution is -0.191. The van der Waals surface area contributed by atoms with Crippen LogP contribution in [0.2, 0.25) is 0 Å². The number of hydrogen-bond donors (Lipinski definition) is 1. The van der Waals surface area contributed by atoms with E-state index in [4.69, 9.17) is 5.11 Å². The van der Waals surface area contributed by atoms with Crippen LogP contribution in [0.3, 0.4) is 0 Å². The number of fused-ring (bicyclic) bond motifs is 1. The van der Waals surface area contributed by atoms with Gasteiger partial charge in [0.15, 0.2) is 0 Å². The van der Waals surface area contributed by atoms with Gasteiger partial charge in [-0.1, -0.05) is 18.2 Å². The molecule has 0 saturated carbocycles. The van der Waals surface area contributed by atoms with Gasteiger partial charge >= 0.3 is 6.18 Å². The molecule has 0 fully saturated rings. The van der Waals surface area contributed by atoms with Crippen molar-refractivity contribution in [3.63, 3.8) is 0 Å². The van der Waals surface area contributed by atoms with Gasteiger partial charge in [0.2, 0.25) is 6.10 Å². The molecule has 1 aliphatic heterocycles. The Labute approximate surface area is 83.6 Å². The van der Waals surface area contributed by atoms with Gasteiger partial charge in [-0.3, -0.25) is 0 Å². The number of benzene rings is 1. The zero-order valence-electron chi connectivity index (χ0n) is 7.45. The molecule has 2 rings (SSSR count). The van der Waals surface area contributed by atoms with Gasteiger partial charge in [-0.25, -0.2) is 0 Å². The van der Waals surface area contributed by atoms with Crippen molar-refractivity contribution in [1.29, 1.82) is 0 Å². The van der Waals surface area contributed by atoms with Crippen LogP contribution in [0.1, 0.15) is 5.56 Å². The first kappa shape index (κ1) is 9.89. The molecule has 0 amide bonds. The quantitative estimate of drug-likeness (QED) is 0.722. The van der Waals surface area contributed by atoms with Crippen molar-refractivity contribution in [3.05, 3.63) is 35.6 Å². The van der Waals surface area contributed by atoms with Crippen molar-refractivity contribution in [2.45, 2.75) is 12.3 Å². The third-order valence-corrected chi connectivity index (χ3v) is 2.03. The van der Waals surface area contributed by atoms with E-state index in [1.807, 2.05) is 0 Å². The zero-order chi connectivity index (χ0) is 11.1. The minimum atomic E-state index is -4.60. The Hall–Kier alpha value is -1.65. The van der Waals surface area contributed by atoms with E-state index in [1.165, 1.54) is 6.07 Å². The largest absolute Gasteiger partial charge is 0.508 e. The van der Waals surface area contributed by atoms with Crippen molar-refractivity contribution in [3.8, 4) is 5.75 Å². The summed E-state index contributed by atoms with van der Waals surface area (Å²) in [5.74, 6) is -0.696. The lowest BCUT2D eigenvalue weighted by Crippen LogP contribution is -2.37. The molecule has 2 nitrogen and oxygen atoms in total. The normalized spacial score (nSPS) is 20.2. The summed E-state index contributed by atoms with van der Waals surface area (Å²) in [6.07, 6.45) is -5.79. The second-order valence-corrected chi connectivity index (χ2v) is 3.15. The van der Waals surface area contributed by atoms with E-state index in [0.29, 0.717) is 5.56 Å². The highest BCUT2D eigenvalue weighted by Crippen LogP contribution is 2.35. The maximum Gasteiger partial charge on any atom is 0.432 e. The molecule has 5 heteroatoms. The highest BCUT2D eigenvalue weighted by molar-refractivity contribution is 5.61. The third kappa shape index (κ3) is 1.77. The van der Waals surface area contributed by atoms with Gasteiger partial charge < -0.3 is 9.84 Å². The van der Waals surface area contributed by atoms with Crippen molar-refractivity contribution >= 4 is 6.08 Å². The van der Waals surface area contributed by atoms with Gasteiger partial charge in [-0.2, -0.15) is 13.2 Å². The van der Waals surface area contributed by atoms with Crippen LogP contribution in [0, 0.1) is 0 Å². The number of ether oxygens (including phenoxy) is 1. The Morgan fingerprint density at radius 2 is 1.87 bits per heavy atom. The summed E-state index contributed by atoms with van der Waals surface area (Å²) in [7, 11) is 0. The fourth-order valence-electron chi connectivity index (χ4n) is 1.36. The molecule has 0 aliphatic carbocycles. The molecule has 1 atom stereocenters. The molecule has 1 aromatic rings. The van der Waals surface area contributed by atoms with E-state index >= 15 is 0 Å². The number of rotatable bonds is 0. The average Bonchev–Trinajstić information content (AvgIpc) is 2.15. The second-order valence-electron chi connectivity index (χ2n) is 3.15. The fraction of sp³-hybridized carbons (Fsp3) is 0.200. The second kappa shape index (κ2) is 3.18. The number of aliphatic hydroxyl groups excluding tert-OH is 1. The topological polar surface area (TPSA) is 29.5 Å². The number of aliphatic hydroxyl groups is 1. The van der Waals surface area contributed by atoms with Crippen LogP contribution >= 0.6 is 0 Å². The SMILES string of the molecule is OC1=Cc2ccccc2OC1C(F)(F)F. The van der Waals surface area contributed by atoms with Crippen LogP contribution in [-0.2, 0) is 0 Å². The Morgan fingerprint density at radius 1 is 1.20 bits per heavy atom. The summed E-state index contributed by atoms with van der Waals surface area (Å²) >= 11 is 0. The molecule has 1 heterocycles. The van der Waals surface area contributed by atoms with E-state index in [9.17, 15) is 13.2 Å². The summed E-state index contributed by atoms with van der Waals surface area (Å²) < 4.78 is 41.7. The number of para-hydroxylation sites is 1. The number of halogens is 3. The van der Waals surface area contributed by atoms with Gasteiger partial charge in [0, 0.05) is 5.56 Å². The summed E-state index contributed by atoms with van der Waals surface area (Å²) in [5, 5.41) is 9.17. The van der Waals surface area contributed by atoms with Crippen molar-refractivity contribution in [2.24, 2.45) is 0 Å². The molecule has 0 aromatic heterocycles. The van der Waals surface area contributed by atoms with Crippen LogP contribution in [0.4, 0.5) is 13.2 Å². The minimum Gasteiger partial charge on any atom is -0.508 e. The van der Waals surface area contributed by atoms with Gasteiger partial charge in [0.1, 0.15) is 11.5 Å². The zero-order valence-corrected chi connectivity index (χ0v) is 7.45. The van der Waals surface area contributed by atoms with Crippen LogP contribution in [0.25, 0.3) is 6.08 Å². The summed E-state index contributed by atoms with van der Waals surface area (Å²) in [6.45, 7) is 0. The van der Waals surface area contributed by atoms with Gasteiger partial charge in [-0.05, 0) is 12.1 Å². The van der Waals surface area contributed by atoms with E-state index in [2.05, 4.69) is 4.74 Å². The Kier molecular flexibility index (Phi) is 2.10.